The van der Waals surface area contributed by atoms with E-state index in [0.717, 1.165) is 5.56 Å². The van der Waals surface area contributed by atoms with Gasteiger partial charge in [-0.3, -0.25) is 4.79 Å². The Bertz CT molecular complexity index is 1330. The minimum absolute atomic E-state index is 0.0286. The summed E-state index contributed by atoms with van der Waals surface area (Å²) in [5.41, 5.74) is 1.61. The fourth-order valence-corrected chi connectivity index (χ4v) is 6.17. The number of hydrogen-bond donors (Lipinski definition) is 0. The van der Waals surface area contributed by atoms with Crippen LogP contribution >= 0.6 is 0 Å². The Kier molecular flexibility index (Phi) is 8.01. The molecule has 0 N–H and O–H groups in total. The lowest BCUT2D eigenvalue weighted by molar-refractivity contribution is -0.137. The van der Waals surface area contributed by atoms with E-state index in [9.17, 15) is 17.6 Å². The van der Waals surface area contributed by atoms with E-state index in [-0.39, 0.29) is 41.3 Å². The van der Waals surface area contributed by atoms with Gasteiger partial charge in [-0.1, -0.05) is 53.7 Å². The molecule has 1 amide bonds. The topological polar surface area (TPSA) is 83.7 Å². The zero-order chi connectivity index (χ0) is 25.7. The van der Waals surface area contributed by atoms with Gasteiger partial charge in [0, 0.05) is 37.7 Å². The number of amides is 1. The average molecular weight is 512 g/mol. The Labute approximate surface area is 211 Å². The maximum atomic E-state index is 14.0. The zero-order valence-corrected chi connectivity index (χ0v) is 21.2. The number of benzene rings is 2. The highest BCUT2D eigenvalue weighted by Gasteiger charge is 2.36. The second-order valence-electron chi connectivity index (χ2n) is 8.83. The molecular formula is C27H30FN3O4S. The summed E-state index contributed by atoms with van der Waals surface area (Å²) in [5, 5.41) is 3.84. The first-order valence-electron chi connectivity index (χ1n) is 12.0. The molecule has 1 aromatic heterocycles. The van der Waals surface area contributed by atoms with Gasteiger partial charge in [0.2, 0.25) is 15.9 Å². The van der Waals surface area contributed by atoms with Gasteiger partial charge in [0.25, 0.3) is 0 Å². The van der Waals surface area contributed by atoms with Gasteiger partial charge in [0.15, 0.2) is 10.7 Å². The summed E-state index contributed by atoms with van der Waals surface area (Å²) in [6, 6.07) is 16.0. The Morgan fingerprint density at radius 3 is 2.44 bits per heavy atom. The Morgan fingerprint density at radius 2 is 1.78 bits per heavy atom. The van der Waals surface area contributed by atoms with Crippen molar-refractivity contribution in [2.75, 3.05) is 19.6 Å². The highest BCUT2D eigenvalue weighted by atomic mass is 32.2. The Hall–Kier alpha value is -3.30. The summed E-state index contributed by atoms with van der Waals surface area (Å²) in [5.74, 6) is -0.555. The van der Waals surface area contributed by atoms with Gasteiger partial charge < -0.3 is 9.42 Å². The van der Waals surface area contributed by atoms with Gasteiger partial charge in [-0.15, -0.1) is 0 Å². The maximum Gasteiger partial charge on any atom is 0.248 e. The van der Waals surface area contributed by atoms with Crippen LogP contribution in [0.2, 0.25) is 0 Å². The number of nitrogens with zero attached hydrogens (tertiary/aromatic N) is 3. The van der Waals surface area contributed by atoms with Crippen molar-refractivity contribution in [1.82, 2.24) is 14.4 Å². The molecule has 4 rings (SSSR count). The molecule has 190 valence electrons. The van der Waals surface area contributed by atoms with Crippen molar-refractivity contribution < 1.29 is 22.1 Å². The SMILES string of the molecule is CCN(Cc1ccccc1)C(=O)C1CCN(S(=O)(=O)c2c(C)noc2/C=C/c2ccccc2F)CC1. The molecule has 1 aliphatic rings. The molecule has 1 fully saturated rings. The van der Waals surface area contributed by atoms with Crippen LogP contribution in [0, 0.1) is 18.7 Å². The Balaban J connectivity index is 1.45. The normalized spacial score (nSPS) is 15.4. The van der Waals surface area contributed by atoms with Crippen LogP contribution in [0.15, 0.2) is 64.0 Å². The Morgan fingerprint density at radius 1 is 1.11 bits per heavy atom. The predicted molar refractivity (Wildman–Crippen MR) is 136 cm³/mol. The molecule has 0 atom stereocenters. The predicted octanol–water partition coefficient (Wildman–Crippen LogP) is 4.74. The number of rotatable bonds is 8. The molecule has 9 heteroatoms. The van der Waals surface area contributed by atoms with Gasteiger partial charge in [0.1, 0.15) is 11.5 Å². The first kappa shape index (κ1) is 25.8. The summed E-state index contributed by atoms with van der Waals surface area (Å²) < 4.78 is 47.6. The second kappa shape index (κ2) is 11.2. The van der Waals surface area contributed by atoms with Crippen molar-refractivity contribution >= 4 is 28.1 Å². The second-order valence-corrected chi connectivity index (χ2v) is 10.7. The number of carbonyl (C=O) groups is 1. The molecule has 0 saturated carbocycles. The smallest absolute Gasteiger partial charge is 0.248 e. The van der Waals surface area contributed by atoms with Crippen LogP contribution < -0.4 is 0 Å². The van der Waals surface area contributed by atoms with E-state index in [1.165, 1.54) is 22.5 Å². The van der Waals surface area contributed by atoms with Gasteiger partial charge >= 0.3 is 0 Å². The number of halogens is 1. The number of aryl methyl sites for hydroxylation is 1. The highest BCUT2D eigenvalue weighted by Crippen LogP contribution is 2.30. The lowest BCUT2D eigenvalue weighted by Gasteiger charge is -2.33. The number of hydrogen-bond acceptors (Lipinski definition) is 5. The van der Waals surface area contributed by atoms with E-state index in [1.807, 2.05) is 42.2 Å². The zero-order valence-electron chi connectivity index (χ0n) is 20.4. The molecule has 3 aromatic rings. The number of sulfonamides is 1. The van der Waals surface area contributed by atoms with E-state index >= 15 is 0 Å². The van der Waals surface area contributed by atoms with Gasteiger partial charge in [-0.05, 0) is 50.5 Å². The number of carbonyl (C=O) groups excluding carboxylic acids is 1. The van der Waals surface area contributed by atoms with Crippen molar-refractivity contribution in [3.8, 4) is 0 Å². The largest absolute Gasteiger partial charge is 0.355 e. The molecule has 0 radical (unpaired) electrons. The van der Waals surface area contributed by atoms with Crippen LogP contribution in [0.3, 0.4) is 0 Å². The molecule has 0 aliphatic carbocycles. The van der Waals surface area contributed by atoms with E-state index in [0.29, 0.717) is 31.5 Å². The molecule has 7 nitrogen and oxygen atoms in total. The van der Waals surface area contributed by atoms with Crippen molar-refractivity contribution in [1.29, 1.82) is 0 Å². The fourth-order valence-electron chi connectivity index (χ4n) is 4.45. The van der Waals surface area contributed by atoms with E-state index in [2.05, 4.69) is 5.16 Å². The molecular weight excluding hydrogens is 481 g/mol. The van der Waals surface area contributed by atoms with Crippen molar-refractivity contribution in [2.45, 2.75) is 38.1 Å². The first-order valence-corrected chi connectivity index (χ1v) is 13.5. The van der Waals surface area contributed by atoms with Crippen LogP contribution in [0.1, 0.15) is 42.3 Å². The molecule has 2 aromatic carbocycles. The van der Waals surface area contributed by atoms with Crippen LogP contribution in [-0.4, -0.2) is 48.3 Å². The monoisotopic (exact) mass is 511 g/mol. The minimum atomic E-state index is -3.91. The highest BCUT2D eigenvalue weighted by molar-refractivity contribution is 7.89. The van der Waals surface area contributed by atoms with Crippen molar-refractivity contribution in [3.63, 3.8) is 0 Å². The lowest BCUT2D eigenvalue weighted by Crippen LogP contribution is -2.44. The molecule has 0 unspecified atom stereocenters. The molecule has 1 aliphatic heterocycles. The minimum Gasteiger partial charge on any atom is -0.355 e. The quantitative estimate of drug-likeness (QED) is 0.436. The summed E-state index contributed by atoms with van der Waals surface area (Å²) in [7, 11) is -3.91. The third-order valence-electron chi connectivity index (χ3n) is 6.46. The van der Waals surface area contributed by atoms with Crippen LogP contribution in [-0.2, 0) is 21.4 Å². The van der Waals surface area contributed by atoms with Crippen LogP contribution in [0.5, 0.6) is 0 Å². The molecule has 0 bridgehead atoms. The summed E-state index contributed by atoms with van der Waals surface area (Å²) >= 11 is 0. The molecule has 36 heavy (non-hydrogen) atoms. The summed E-state index contributed by atoms with van der Waals surface area (Å²) in [6.45, 7) is 5.09. The third-order valence-corrected chi connectivity index (χ3v) is 8.52. The van der Waals surface area contributed by atoms with Crippen molar-refractivity contribution in [3.05, 3.63) is 83.0 Å². The van der Waals surface area contributed by atoms with Gasteiger partial charge in [-0.25, -0.2) is 12.8 Å². The maximum absolute atomic E-state index is 14.0. The summed E-state index contributed by atoms with van der Waals surface area (Å²) in [4.78, 5) is 15.0. The van der Waals surface area contributed by atoms with Crippen LogP contribution in [0.4, 0.5) is 4.39 Å². The van der Waals surface area contributed by atoms with E-state index < -0.39 is 15.8 Å². The van der Waals surface area contributed by atoms with E-state index in [1.54, 1.807) is 25.1 Å². The van der Waals surface area contributed by atoms with Gasteiger partial charge in [-0.2, -0.15) is 4.31 Å². The lowest BCUT2D eigenvalue weighted by atomic mass is 9.96. The van der Waals surface area contributed by atoms with Crippen LogP contribution in [0.25, 0.3) is 12.2 Å². The number of piperidine rings is 1. The van der Waals surface area contributed by atoms with Gasteiger partial charge in [0.05, 0.1) is 0 Å². The van der Waals surface area contributed by atoms with Crippen molar-refractivity contribution in [2.24, 2.45) is 5.92 Å². The fraction of sp³-hybridized carbons (Fsp3) is 0.333. The van der Waals surface area contributed by atoms with E-state index in [4.69, 9.17) is 4.52 Å². The third kappa shape index (κ3) is 5.57. The molecule has 2 heterocycles. The summed E-state index contributed by atoms with van der Waals surface area (Å²) in [6.07, 6.45) is 3.76. The molecule has 1 saturated heterocycles. The molecule has 0 spiro atoms. The standard InChI is InChI=1S/C27H30FN3O4S/c1-3-30(19-21-9-5-4-6-10-21)27(32)23-15-17-31(18-16-23)36(33,34)26-20(2)29-35-25(26)14-13-22-11-7-8-12-24(22)28/h4-14,23H,3,15-19H2,1-2H3/b14-13+. The average Bonchev–Trinajstić information content (AvgIpc) is 3.28. The first-order chi connectivity index (χ1) is 17.3. The number of aromatic nitrogens is 1.